The maximum Gasteiger partial charge on any atom is 0.335 e. The van der Waals surface area contributed by atoms with E-state index in [1.807, 2.05) is 6.07 Å². The molecule has 0 aliphatic carbocycles. The Bertz CT molecular complexity index is 1880. The average molecular weight is 603 g/mol. The highest BCUT2D eigenvalue weighted by Gasteiger charge is 2.24. The standard InChI is InChI=1S/C31H28ClFN6O4/c32-21-3-1-20(23(33)12-21)16-43-30-29-26(34-17-35-29)13-25(37-30)18-5-8-38(9-6-18)15-28-36-24-4-2-19(31(40)41)11-27(24)39(28)14-22-7-10-42-22/h1-5,11-13,17,22H,6-10,14-16H2,(H,34,35)(H,40,41)/t22-/m0/s1. The van der Waals surface area contributed by atoms with Gasteiger partial charge in [-0.2, -0.15) is 0 Å². The number of aromatic amines is 1. The van der Waals surface area contributed by atoms with Gasteiger partial charge in [0.2, 0.25) is 5.88 Å². The van der Waals surface area contributed by atoms with E-state index >= 15 is 0 Å². The Balaban J connectivity index is 1.10. The summed E-state index contributed by atoms with van der Waals surface area (Å²) in [5.41, 5.74) is 5.42. The molecular weight excluding hydrogens is 575 g/mol. The number of nitrogens with one attached hydrogen (secondary N) is 1. The maximum atomic E-state index is 14.3. The van der Waals surface area contributed by atoms with Crippen molar-refractivity contribution in [2.24, 2.45) is 0 Å². The number of carbonyl (C=O) groups is 1. The zero-order chi connectivity index (χ0) is 29.5. The van der Waals surface area contributed by atoms with E-state index in [2.05, 4.69) is 25.5 Å². The Morgan fingerprint density at radius 3 is 2.84 bits per heavy atom. The van der Waals surface area contributed by atoms with E-state index in [1.54, 1.807) is 36.7 Å². The van der Waals surface area contributed by atoms with Gasteiger partial charge in [0.05, 0.1) is 53.3 Å². The summed E-state index contributed by atoms with van der Waals surface area (Å²) in [5, 5.41) is 9.84. The van der Waals surface area contributed by atoms with Crippen molar-refractivity contribution in [1.82, 2.24) is 29.4 Å². The van der Waals surface area contributed by atoms with E-state index in [1.165, 1.54) is 6.07 Å². The number of benzene rings is 2. The predicted molar refractivity (Wildman–Crippen MR) is 159 cm³/mol. The van der Waals surface area contributed by atoms with Crippen molar-refractivity contribution >= 4 is 45.2 Å². The van der Waals surface area contributed by atoms with Gasteiger partial charge in [0.15, 0.2) is 5.52 Å². The van der Waals surface area contributed by atoms with Gasteiger partial charge in [-0.15, -0.1) is 0 Å². The lowest BCUT2D eigenvalue weighted by molar-refractivity contribution is -0.0591. The van der Waals surface area contributed by atoms with E-state index in [0.29, 0.717) is 41.6 Å². The van der Waals surface area contributed by atoms with Crippen LogP contribution in [0.2, 0.25) is 5.02 Å². The van der Waals surface area contributed by atoms with E-state index in [9.17, 15) is 14.3 Å². The second-order valence-electron chi connectivity index (χ2n) is 10.8. The molecule has 2 aliphatic rings. The van der Waals surface area contributed by atoms with Crippen LogP contribution in [0.5, 0.6) is 5.88 Å². The molecule has 1 fully saturated rings. The number of fused-ring (bicyclic) bond motifs is 2. The number of H-pyrrole nitrogens is 1. The van der Waals surface area contributed by atoms with Gasteiger partial charge < -0.3 is 24.1 Å². The van der Waals surface area contributed by atoms with Gasteiger partial charge in [-0.3, -0.25) is 4.90 Å². The van der Waals surface area contributed by atoms with Gasteiger partial charge in [0, 0.05) is 30.3 Å². The predicted octanol–water partition coefficient (Wildman–Crippen LogP) is 5.46. The minimum atomic E-state index is -0.961. The number of carboxylic acid groups (broad SMARTS) is 1. The summed E-state index contributed by atoms with van der Waals surface area (Å²) in [6.45, 7) is 3.46. The second kappa shape index (κ2) is 11.4. The fraction of sp³-hybridized carbons (Fsp3) is 0.290. The van der Waals surface area contributed by atoms with Crippen LogP contribution in [0.1, 0.15) is 40.3 Å². The SMILES string of the molecule is O=C(O)c1ccc2nc(CN3CC=C(c4cc5[nH]cnc5c(OCc5ccc(Cl)cc5F)n4)CC3)n(C[C@@H]3CCO3)c2c1. The molecule has 1 saturated heterocycles. The van der Waals surface area contributed by atoms with Crippen LogP contribution in [-0.2, 0) is 24.4 Å². The summed E-state index contributed by atoms with van der Waals surface area (Å²) < 4.78 is 28.1. The highest BCUT2D eigenvalue weighted by atomic mass is 35.5. The summed E-state index contributed by atoms with van der Waals surface area (Å²) >= 11 is 5.88. The minimum Gasteiger partial charge on any atom is -0.478 e. The fourth-order valence-electron chi connectivity index (χ4n) is 5.52. The lowest BCUT2D eigenvalue weighted by Gasteiger charge is -2.29. The highest BCUT2D eigenvalue weighted by Crippen LogP contribution is 2.30. The number of pyridine rings is 1. The van der Waals surface area contributed by atoms with Gasteiger partial charge in [-0.1, -0.05) is 23.7 Å². The van der Waals surface area contributed by atoms with Crippen molar-refractivity contribution in [3.63, 3.8) is 0 Å². The van der Waals surface area contributed by atoms with Crippen molar-refractivity contribution in [2.75, 3.05) is 19.7 Å². The molecule has 220 valence electrons. The topological polar surface area (TPSA) is 118 Å². The fourth-order valence-corrected chi connectivity index (χ4v) is 5.67. The van der Waals surface area contributed by atoms with Crippen LogP contribution in [0.4, 0.5) is 4.39 Å². The first-order valence-corrected chi connectivity index (χ1v) is 14.5. The van der Waals surface area contributed by atoms with Gasteiger partial charge in [0.25, 0.3) is 0 Å². The summed E-state index contributed by atoms with van der Waals surface area (Å²) in [5.74, 6) is -0.184. The molecule has 0 saturated carbocycles. The first-order chi connectivity index (χ1) is 20.9. The number of carboxylic acids is 1. The number of halogens is 2. The van der Waals surface area contributed by atoms with Gasteiger partial charge >= 0.3 is 5.97 Å². The molecule has 0 amide bonds. The molecule has 43 heavy (non-hydrogen) atoms. The van der Waals surface area contributed by atoms with E-state index in [0.717, 1.165) is 59.6 Å². The number of rotatable bonds is 9. The van der Waals surface area contributed by atoms with Gasteiger partial charge in [0.1, 0.15) is 18.2 Å². The third-order valence-corrected chi connectivity index (χ3v) is 8.23. The summed E-state index contributed by atoms with van der Waals surface area (Å²) in [7, 11) is 0. The Morgan fingerprint density at radius 2 is 2.09 bits per heavy atom. The monoisotopic (exact) mass is 602 g/mol. The third-order valence-electron chi connectivity index (χ3n) is 8.00. The zero-order valence-electron chi connectivity index (χ0n) is 23.1. The molecule has 2 aliphatic heterocycles. The summed E-state index contributed by atoms with van der Waals surface area (Å²) in [6, 6.07) is 11.5. The normalized spacial score (nSPS) is 17.3. The van der Waals surface area contributed by atoms with Crippen LogP contribution in [-0.4, -0.2) is 66.3 Å². The van der Waals surface area contributed by atoms with Crippen LogP contribution in [0, 0.1) is 5.82 Å². The number of aromatic carboxylic acids is 1. The number of ether oxygens (including phenoxy) is 2. The van der Waals surface area contributed by atoms with E-state index < -0.39 is 11.8 Å². The quantitative estimate of drug-likeness (QED) is 0.228. The molecule has 0 spiro atoms. The number of aromatic nitrogens is 5. The average Bonchev–Trinajstić information content (AvgIpc) is 3.58. The molecule has 0 unspecified atom stereocenters. The molecule has 3 aromatic heterocycles. The van der Waals surface area contributed by atoms with Crippen molar-refractivity contribution < 1.29 is 23.8 Å². The second-order valence-corrected chi connectivity index (χ2v) is 11.2. The van der Waals surface area contributed by atoms with Crippen molar-refractivity contribution in [1.29, 1.82) is 0 Å². The molecule has 0 bridgehead atoms. The van der Waals surface area contributed by atoms with Gasteiger partial charge in [-0.25, -0.2) is 24.1 Å². The van der Waals surface area contributed by atoms with E-state index in [-0.39, 0.29) is 18.3 Å². The molecule has 5 heterocycles. The smallest absolute Gasteiger partial charge is 0.335 e. The molecule has 5 aromatic rings. The lowest BCUT2D eigenvalue weighted by atomic mass is 10.0. The first kappa shape index (κ1) is 27.5. The van der Waals surface area contributed by atoms with Crippen LogP contribution >= 0.6 is 11.6 Å². The largest absolute Gasteiger partial charge is 0.478 e. The van der Waals surface area contributed by atoms with Crippen LogP contribution in [0.25, 0.3) is 27.6 Å². The minimum absolute atomic E-state index is 0.00486. The number of hydrogen-bond donors (Lipinski definition) is 2. The molecular formula is C31H28ClFN6O4. The number of imidazole rings is 2. The van der Waals surface area contributed by atoms with Crippen molar-refractivity contribution in [3.8, 4) is 5.88 Å². The number of nitrogens with zero attached hydrogens (tertiary/aromatic N) is 5. The first-order valence-electron chi connectivity index (χ1n) is 14.1. The van der Waals surface area contributed by atoms with Crippen molar-refractivity contribution in [3.05, 3.63) is 88.4 Å². The molecule has 2 N–H and O–H groups in total. The van der Waals surface area contributed by atoms with E-state index in [4.69, 9.17) is 31.0 Å². The molecule has 0 radical (unpaired) electrons. The van der Waals surface area contributed by atoms with Crippen molar-refractivity contribution in [2.45, 2.75) is 38.6 Å². The Morgan fingerprint density at radius 1 is 1.21 bits per heavy atom. The van der Waals surface area contributed by atoms with Gasteiger partial charge in [-0.05, 0) is 54.8 Å². The summed E-state index contributed by atoms with van der Waals surface area (Å²) in [4.78, 5) is 31.0. The molecule has 10 nitrogen and oxygen atoms in total. The molecule has 12 heteroatoms. The van der Waals surface area contributed by atoms with Crippen LogP contribution in [0.15, 0.2) is 54.9 Å². The highest BCUT2D eigenvalue weighted by molar-refractivity contribution is 6.30. The zero-order valence-corrected chi connectivity index (χ0v) is 23.9. The molecule has 1 atom stereocenters. The van der Waals surface area contributed by atoms with Crippen LogP contribution < -0.4 is 4.74 Å². The third kappa shape index (κ3) is 5.58. The lowest BCUT2D eigenvalue weighted by Crippen LogP contribution is -2.33. The summed E-state index contributed by atoms with van der Waals surface area (Å²) in [6.07, 6.45) is 5.58. The maximum absolute atomic E-state index is 14.3. The number of hydrogen-bond acceptors (Lipinski definition) is 7. The van der Waals surface area contributed by atoms with Crippen LogP contribution in [0.3, 0.4) is 0 Å². The molecule has 7 rings (SSSR count). The Labute approximate surface area is 250 Å². The Kier molecular flexibility index (Phi) is 7.29. The molecule has 2 aromatic carbocycles. The Hall–Kier alpha value is -4.32.